The fraction of sp³-hybridized carbons (Fsp3) is 0.0476. The van der Waals surface area contributed by atoms with Crippen LogP contribution in [0, 0.1) is 0 Å². The lowest BCUT2D eigenvalue weighted by atomic mass is 10.1. The van der Waals surface area contributed by atoms with Gasteiger partial charge in [0, 0.05) is 10.6 Å². The van der Waals surface area contributed by atoms with Gasteiger partial charge in [-0.05, 0) is 42.5 Å². The van der Waals surface area contributed by atoms with Gasteiger partial charge in [0.25, 0.3) is 5.91 Å². The van der Waals surface area contributed by atoms with E-state index in [-0.39, 0.29) is 0 Å². The highest BCUT2D eigenvalue weighted by molar-refractivity contribution is 7.21. The summed E-state index contributed by atoms with van der Waals surface area (Å²) < 4.78 is 6.30. The second-order valence-corrected chi connectivity index (χ2v) is 8.38. The van der Waals surface area contributed by atoms with Crippen LogP contribution in [0.15, 0.2) is 54.6 Å². The van der Waals surface area contributed by atoms with Gasteiger partial charge >= 0.3 is 0 Å². The van der Waals surface area contributed by atoms with E-state index in [0.29, 0.717) is 37.6 Å². The van der Waals surface area contributed by atoms with E-state index in [1.54, 1.807) is 24.3 Å². The molecule has 0 fully saturated rings. The second-order valence-electron chi connectivity index (χ2n) is 6.10. The Labute approximate surface area is 186 Å². The number of para-hydroxylation sites is 1. The fourth-order valence-corrected chi connectivity index (χ4v) is 4.59. The SMILES string of the molecule is COc1ccc(Cl)cc1C(=O)Nc1cc(-c2nc3ccccc3s2)c(Cl)cc1Cl. The summed E-state index contributed by atoms with van der Waals surface area (Å²) in [5.74, 6) is 0.00667. The molecule has 0 saturated heterocycles. The first-order chi connectivity index (χ1) is 14.0. The zero-order valence-electron chi connectivity index (χ0n) is 15.0. The summed E-state index contributed by atoms with van der Waals surface area (Å²) in [6.07, 6.45) is 0. The Morgan fingerprint density at radius 2 is 1.83 bits per heavy atom. The van der Waals surface area contributed by atoms with Crippen molar-refractivity contribution in [2.45, 2.75) is 0 Å². The van der Waals surface area contributed by atoms with Gasteiger partial charge in [0.15, 0.2) is 0 Å². The van der Waals surface area contributed by atoms with Gasteiger partial charge in [-0.2, -0.15) is 0 Å². The molecule has 0 bridgehead atoms. The van der Waals surface area contributed by atoms with E-state index >= 15 is 0 Å². The number of carbonyl (C=O) groups is 1. The van der Waals surface area contributed by atoms with Crippen LogP contribution in [-0.2, 0) is 0 Å². The third-order valence-corrected chi connectivity index (χ3v) is 6.17. The number of methoxy groups -OCH3 is 1. The zero-order valence-corrected chi connectivity index (χ0v) is 18.1. The van der Waals surface area contributed by atoms with Crippen LogP contribution in [-0.4, -0.2) is 18.0 Å². The Morgan fingerprint density at radius 3 is 2.59 bits per heavy atom. The number of aromatic nitrogens is 1. The van der Waals surface area contributed by atoms with Crippen LogP contribution in [0.25, 0.3) is 20.8 Å². The molecular formula is C21H13Cl3N2O2S. The Balaban J connectivity index is 1.72. The van der Waals surface area contributed by atoms with Gasteiger partial charge in [0.2, 0.25) is 0 Å². The van der Waals surface area contributed by atoms with Gasteiger partial charge in [0.1, 0.15) is 10.8 Å². The summed E-state index contributed by atoms with van der Waals surface area (Å²) >= 11 is 20.3. The standard InChI is InChI=1S/C21H13Cl3N2O2S/c1-28-18-7-6-11(22)8-13(18)20(27)25-17-9-12(14(23)10-15(17)24)21-26-16-4-2-3-5-19(16)29-21/h2-10H,1H3,(H,25,27). The van der Waals surface area contributed by atoms with Crippen molar-refractivity contribution in [1.29, 1.82) is 0 Å². The summed E-state index contributed by atoms with van der Waals surface area (Å²) in [7, 11) is 1.49. The molecule has 0 spiro atoms. The molecule has 0 atom stereocenters. The molecule has 4 aromatic rings. The largest absolute Gasteiger partial charge is 0.496 e. The molecule has 0 unspecified atom stereocenters. The molecule has 146 valence electrons. The number of fused-ring (bicyclic) bond motifs is 1. The van der Waals surface area contributed by atoms with Crippen molar-refractivity contribution in [1.82, 2.24) is 4.98 Å². The van der Waals surface area contributed by atoms with Crippen LogP contribution >= 0.6 is 46.1 Å². The lowest BCUT2D eigenvalue weighted by Crippen LogP contribution is -2.13. The highest BCUT2D eigenvalue weighted by atomic mass is 35.5. The Bertz CT molecular complexity index is 1210. The van der Waals surface area contributed by atoms with Gasteiger partial charge in [0.05, 0.1) is 38.6 Å². The minimum absolute atomic E-state index is 0.299. The van der Waals surface area contributed by atoms with Crippen molar-refractivity contribution >= 4 is 68.0 Å². The highest BCUT2D eigenvalue weighted by Crippen LogP contribution is 2.39. The molecule has 0 aliphatic heterocycles. The Hall–Kier alpha value is -2.31. The molecule has 0 saturated carbocycles. The third-order valence-electron chi connectivity index (χ3n) is 4.24. The molecular weight excluding hydrogens is 451 g/mol. The van der Waals surface area contributed by atoms with E-state index in [9.17, 15) is 4.79 Å². The van der Waals surface area contributed by atoms with Crippen LogP contribution in [0.5, 0.6) is 5.75 Å². The maximum absolute atomic E-state index is 12.8. The summed E-state index contributed by atoms with van der Waals surface area (Å²) in [6, 6.07) is 15.9. The summed E-state index contributed by atoms with van der Waals surface area (Å²) in [6.45, 7) is 0. The number of hydrogen-bond acceptors (Lipinski definition) is 4. The number of benzene rings is 3. The van der Waals surface area contributed by atoms with Crippen LogP contribution in [0.1, 0.15) is 10.4 Å². The van der Waals surface area contributed by atoms with E-state index in [1.165, 1.54) is 24.5 Å². The van der Waals surface area contributed by atoms with Crippen molar-refractivity contribution in [3.63, 3.8) is 0 Å². The minimum atomic E-state index is -0.399. The van der Waals surface area contributed by atoms with Crippen molar-refractivity contribution in [3.05, 3.63) is 75.2 Å². The Morgan fingerprint density at radius 1 is 1.03 bits per heavy atom. The van der Waals surface area contributed by atoms with Gasteiger partial charge in [-0.3, -0.25) is 4.79 Å². The van der Waals surface area contributed by atoms with E-state index in [1.807, 2.05) is 24.3 Å². The molecule has 8 heteroatoms. The predicted molar refractivity (Wildman–Crippen MR) is 121 cm³/mol. The summed E-state index contributed by atoms with van der Waals surface area (Å²) in [4.78, 5) is 17.4. The lowest BCUT2D eigenvalue weighted by molar-refractivity contribution is 0.102. The summed E-state index contributed by atoms with van der Waals surface area (Å²) in [5.41, 5.74) is 2.28. The van der Waals surface area contributed by atoms with Gasteiger partial charge in [-0.15, -0.1) is 11.3 Å². The maximum Gasteiger partial charge on any atom is 0.259 e. The van der Waals surface area contributed by atoms with Gasteiger partial charge in [-0.1, -0.05) is 46.9 Å². The van der Waals surface area contributed by atoms with Crippen LogP contribution < -0.4 is 10.1 Å². The number of thiazole rings is 1. The van der Waals surface area contributed by atoms with E-state index in [4.69, 9.17) is 39.5 Å². The monoisotopic (exact) mass is 462 g/mol. The summed E-state index contributed by atoms with van der Waals surface area (Å²) in [5, 5.41) is 4.74. The average Bonchev–Trinajstić information content (AvgIpc) is 3.13. The maximum atomic E-state index is 12.8. The smallest absolute Gasteiger partial charge is 0.259 e. The molecule has 4 rings (SSSR count). The van der Waals surface area contributed by atoms with Crippen molar-refractivity contribution in [2.75, 3.05) is 12.4 Å². The van der Waals surface area contributed by atoms with Crippen LogP contribution in [0.2, 0.25) is 15.1 Å². The molecule has 29 heavy (non-hydrogen) atoms. The molecule has 1 heterocycles. The molecule has 0 radical (unpaired) electrons. The first kappa shape index (κ1) is 20.0. The fourth-order valence-electron chi connectivity index (χ4n) is 2.84. The number of amides is 1. The number of anilines is 1. The van der Waals surface area contributed by atoms with Crippen molar-refractivity contribution in [2.24, 2.45) is 0 Å². The normalized spacial score (nSPS) is 10.9. The predicted octanol–water partition coefficient (Wildman–Crippen LogP) is 7.18. The molecule has 1 amide bonds. The number of halogens is 3. The van der Waals surface area contributed by atoms with Crippen LogP contribution in [0.3, 0.4) is 0 Å². The van der Waals surface area contributed by atoms with E-state index < -0.39 is 5.91 Å². The second kappa shape index (κ2) is 8.20. The first-order valence-corrected chi connectivity index (χ1v) is 10.4. The number of rotatable bonds is 4. The highest BCUT2D eigenvalue weighted by Gasteiger charge is 2.18. The minimum Gasteiger partial charge on any atom is -0.496 e. The number of carbonyl (C=O) groups excluding carboxylic acids is 1. The molecule has 4 nitrogen and oxygen atoms in total. The molecule has 1 aromatic heterocycles. The molecule has 0 aliphatic rings. The van der Waals surface area contributed by atoms with Crippen molar-refractivity contribution < 1.29 is 9.53 Å². The van der Waals surface area contributed by atoms with Crippen LogP contribution in [0.4, 0.5) is 5.69 Å². The Kier molecular flexibility index (Phi) is 5.65. The first-order valence-electron chi connectivity index (χ1n) is 8.46. The lowest BCUT2D eigenvalue weighted by Gasteiger charge is -2.12. The molecule has 3 aromatic carbocycles. The number of nitrogens with one attached hydrogen (secondary N) is 1. The molecule has 0 aliphatic carbocycles. The molecule has 1 N–H and O–H groups in total. The van der Waals surface area contributed by atoms with Crippen molar-refractivity contribution in [3.8, 4) is 16.3 Å². The number of hydrogen-bond donors (Lipinski definition) is 1. The number of nitrogens with zero attached hydrogens (tertiary/aromatic N) is 1. The number of ether oxygens (including phenoxy) is 1. The average molecular weight is 464 g/mol. The topological polar surface area (TPSA) is 51.2 Å². The van der Waals surface area contributed by atoms with E-state index in [0.717, 1.165) is 15.2 Å². The van der Waals surface area contributed by atoms with Gasteiger partial charge < -0.3 is 10.1 Å². The van der Waals surface area contributed by atoms with Gasteiger partial charge in [-0.25, -0.2) is 4.98 Å². The zero-order chi connectivity index (χ0) is 20.5. The van der Waals surface area contributed by atoms with E-state index in [2.05, 4.69) is 10.3 Å². The quantitative estimate of drug-likeness (QED) is 0.348. The third kappa shape index (κ3) is 4.05.